The minimum Gasteiger partial charge on any atom is -0.497 e. The van der Waals surface area contributed by atoms with Crippen molar-refractivity contribution in [1.82, 2.24) is 0 Å². The second-order valence-corrected chi connectivity index (χ2v) is 3.33. The number of nitriles is 1. The van der Waals surface area contributed by atoms with Crippen LogP contribution in [0.15, 0.2) is 35.5 Å². The highest BCUT2D eigenvalue weighted by Gasteiger charge is 2.08. The molecule has 88 valence electrons. The number of allylic oxidation sites excluding steroid dienone is 1. The molecule has 1 amide bonds. The van der Waals surface area contributed by atoms with Crippen LogP contribution in [0.5, 0.6) is 5.75 Å². The van der Waals surface area contributed by atoms with Gasteiger partial charge in [-0.25, -0.2) is 0 Å². The summed E-state index contributed by atoms with van der Waals surface area (Å²) in [5.41, 5.74) is 6.15. The molecule has 0 aliphatic carbocycles. The number of hydrogen-bond donors (Lipinski definition) is 2. The van der Waals surface area contributed by atoms with Crippen molar-refractivity contribution in [2.45, 2.75) is 6.92 Å². The highest BCUT2D eigenvalue weighted by Crippen LogP contribution is 2.17. The van der Waals surface area contributed by atoms with E-state index in [-0.39, 0.29) is 5.57 Å². The van der Waals surface area contributed by atoms with Crippen LogP contribution in [0.25, 0.3) is 0 Å². The summed E-state index contributed by atoms with van der Waals surface area (Å²) >= 11 is 0. The van der Waals surface area contributed by atoms with Gasteiger partial charge in [0.15, 0.2) is 0 Å². The Hall–Kier alpha value is -2.48. The van der Waals surface area contributed by atoms with Crippen LogP contribution in [-0.2, 0) is 4.79 Å². The smallest absolute Gasteiger partial charge is 0.261 e. The van der Waals surface area contributed by atoms with Crippen LogP contribution in [0.2, 0.25) is 0 Å². The lowest BCUT2D eigenvalue weighted by Gasteiger charge is -2.08. The molecule has 1 rings (SSSR count). The summed E-state index contributed by atoms with van der Waals surface area (Å²) in [6, 6.07) is 8.85. The Morgan fingerprint density at radius 3 is 2.41 bits per heavy atom. The third-order valence-electron chi connectivity index (χ3n) is 2.16. The number of nitrogens with one attached hydrogen (secondary N) is 1. The number of methoxy groups -OCH3 is 1. The van der Waals surface area contributed by atoms with Crippen LogP contribution in [-0.4, -0.2) is 13.0 Å². The molecule has 0 aromatic heterocycles. The molecule has 0 aliphatic rings. The van der Waals surface area contributed by atoms with Crippen molar-refractivity contribution in [3.8, 4) is 11.8 Å². The molecule has 0 aliphatic heterocycles. The molecule has 17 heavy (non-hydrogen) atoms. The fourth-order valence-electron chi connectivity index (χ4n) is 1.28. The van der Waals surface area contributed by atoms with E-state index in [1.54, 1.807) is 44.4 Å². The maximum atomic E-state index is 10.9. The molecule has 0 atom stereocenters. The maximum absolute atomic E-state index is 10.9. The Morgan fingerprint density at radius 1 is 1.41 bits per heavy atom. The normalized spacial score (nSPS) is 11.1. The van der Waals surface area contributed by atoms with Crippen LogP contribution in [0.3, 0.4) is 0 Å². The van der Waals surface area contributed by atoms with Gasteiger partial charge in [-0.15, -0.1) is 0 Å². The predicted octanol–water partition coefficient (Wildman–Crippen LogP) is 1.39. The van der Waals surface area contributed by atoms with E-state index in [2.05, 4.69) is 5.32 Å². The molecule has 0 saturated heterocycles. The summed E-state index contributed by atoms with van der Waals surface area (Å²) in [5.74, 6) is -0.0152. The summed E-state index contributed by atoms with van der Waals surface area (Å²) in [7, 11) is 1.58. The summed E-state index contributed by atoms with van der Waals surface area (Å²) in [6.07, 6.45) is 0. The summed E-state index contributed by atoms with van der Waals surface area (Å²) in [4.78, 5) is 10.9. The van der Waals surface area contributed by atoms with Crippen LogP contribution >= 0.6 is 0 Å². The Balaban J connectivity index is 2.91. The van der Waals surface area contributed by atoms with E-state index in [0.29, 0.717) is 5.70 Å². The molecule has 0 spiro atoms. The van der Waals surface area contributed by atoms with E-state index in [0.717, 1.165) is 11.4 Å². The van der Waals surface area contributed by atoms with Gasteiger partial charge in [-0.2, -0.15) is 5.26 Å². The minimum atomic E-state index is -0.744. The number of ether oxygens (including phenoxy) is 1. The van der Waals surface area contributed by atoms with Gasteiger partial charge in [-0.3, -0.25) is 4.79 Å². The number of rotatable bonds is 4. The van der Waals surface area contributed by atoms with E-state index in [9.17, 15) is 4.79 Å². The highest BCUT2D eigenvalue weighted by atomic mass is 16.5. The second kappa shape index (κ2) is 5.56. The van der Waals surface area contributed by atoms with Crippen LogP contribution in [0, 0.1) is 11.3 Å². The lowest BCUT2D eigenvalue weighted by Crippen LogP contribution is -2.16. The van der Waals surface area contributed by atoms with Gasteiger partial charge < -0.3 is 15.8 Å². The first-order valence-corrected chi connectivity index (χ1v) is 4.90. The lowest BCUT2D eigenvalue weighted by molar-refractivity contribution is -0.114. The summed E-state index contributed by atoms with van der Waals surface area (Å²) < 4.78 is 5.01. The van der Waals surface area contributed by atoms with Gasteiger partial charge in [-0.05, 0) is 31.2 Å². The summed E-state index contributed by atoms with van der Waals surface area (Å²) in [6.45, 7) is 1.62. The number of nitrogens with two attached hydrogens (primary N) is 1. The number of benzene rings is 1. The molecule has 1 aromatic carbocycles. The minimum absolute atomic E-state index is 0.0826. The van der Waals surface area contributed by atoms with Crippen molar-refractivity contribution in [1.29, 1.82) is 5.26 Å². The van der Waals surface area contributed by atoms with E-state index >= 15 is 0 Å². The zero-order valence-corrected chi connectivity index (χ0v) is 9.65. The quantitative estimate of drug-likeness (QED) is 0.605. The third-order valence-corrected chi connectivity index (χ3v) is 2.16. The van der Waals surface area contributed by atoms with Crippen LogP contribution in [0.4, 0.5) is 5.69 Å². The SMILES string of the molecule is COc1ccc(N/C(C)=C(/C#N)C(N)=O)cc1. The number of primary amides is 1. The third kappa shape index (κ3) is 3.24. The van der Waals surface area contributed by atoms with E-state index in [1.807, 2.05) is 0 Å². The molecule has 0 heterocycles. The fraction of sp³-hybridized carbons (Fsp3) is 0.167. The Labute approximate surface area is 99.5 Å². The highest BCUT2D eigenvalue weighted by molar-refractivity contribution is 5.97. The van der Waals surface area contributed by atoms with E-state index in [4.69, 9.17) is 15.7 Å². The average Bonchev–Trinajstić information content (AvgIpc) is 2.30. The van der Waals surface area contributed by atoms with Crippen LogP contribution in [0.1, 0.15) is 6.92 Å². The molecule has 0 fully saturated rings. The van der Waals surface area contributed by atoms with Gasteiger partial charge in [0.1, 0.15) is 17.4 Å². The van der Waals surface area contributed by atoms with Gasteiger partial charge in [0.05, 0.1) is 7.11 Å². The molecular weight excluding hydrogens is 218 g/mol. The molecule has 3 N–H and O–H groups in total. The van der Waals surface area contributed by atoms with Gasteiger partial charge in [0.2, 0.25) is 0 Å². The lowest BCUT2D eigenvalue weighted by atomic mass is 10.2. The zero-order chi connectivity index (χ0) is 12.8. The Bertz CT molecular complexity index is 483. The molecule has 0 bridgehead atoms. The molecule has 5 heteroatoms. The first kappa shape index (κ1) is 12.6. The number of hydrogen-bond acceptors (Lipinski definition) is 4. The Morgan fingerprint density at radius 2 is 2.00 bits per heavy atom. The van der Waals surface area contributed by atoms with Crippen molar-refractivity contribution >= 4 is 11.6 Å². The molecule has 0 radical (unpaired) electrons. The number of anilines is 1. The Kier molecular flexibility index (Phi) is 4.12. The first-order valence-electron chi connectivity index (χ1n) is 4.90. The monoisotopic (exact) mass is 231 g/mol. The largest absolute Gasteiger partial charge is 0.497 e. The maximum Gasteiger partial charge on any atom is 0.261 e. The first-order chi connectivity index (χ1) is 8.08. The van der Waals surface area contributed by atoms with Crippen molar-refractivity contribution in [3.63, 3.8) is 0 Å². The van der Waals surface area contributed by atoms with Crippen molar-refractivity contribution in [3.05, 3.63) is 35.5 Å². The van der Waals surface area contributed by atoms with Gasteiger partial charge >= 0.3 is 0 Å². The van der Waals surface area contributed by atoms with Gasteiger partial charge in [0, 0.05) is 11.4 Å². The molecule has 1 aromatic rings. The standard InChI is InChI=1S/C12H13N3O2/c1-8(11(7-13)12(14)16)15-9-3-5-10(17-2)6-4-9/h3-6,15H,1-2H3,(H2,14,16)/b11-8-. The number of carbonyl (C=O) groups is 1. The molecular formula is C12H13N3O2. The topological polar surface area (TPSA) is 88.1 Å². The zero-order valence-electron chi connectivity index (χ0n) is 9.65. The van der Waals surface area contributed by atoms with E-state index in [1.165, 1.54) is 0 Å². The second-order valence-electron chi connectivity index (χ2n) is 3.33. The summed E-state index contributed by atoms with van der Waals surface area (Å²) in [5, 5.41) is 11.7. The van der Waals surface area contributed by atoms with Gasteiger partial charge in [0.25, 0.3) is 5.91 Å². The van der Waals surface area contributed by atoms with Crippen LogP contribution < -0.4 is 15.8 Å². The van der Waals surface area contributed by atoms with Crippen molar-refractivity contribution in [2.75, 3.05) is 12.4 Å². The molecule has 5 nitrogen and oxygen atoms in total. The predicted molar refractivity (Wildman–Crippen MR) is 64.1 cm³/mol. The number of nitrogens with zero attached hydrogens (tertiary/aromatic N) is 1. The fourth-order valence-corrected chi connectivity index (χ4v) is 1.28. The average molecular weight is 231 g/mol. The van der Waals surface area contributed by atoms with Gasteiger partial charge in [-0.1, -0.05) is 0 Å². The van der Waals surface area contributed by atoms with Crippen molar-refractivity contribution < 1.29 is 9.53 Å². The number of amides is 1. The molecule has 0 saturated carbocycles. The number of carbonyl (C=O) groups excluding carboxylic acids is 1. The molecule has 0 unspecified atom stereocenters. The van der Waals surface area contributed by atoms with E-state index < -0.39 is 5.91 Å². The van der Waals surface area contributed by atoms with Crippen molar-refractivity contribution in [2.24, 2.45) is 5.73 Å².